The molecule has 2 N–H and O–H groups in total. The van der Waals surface area contributed by atoms with Crippen LogP contribution < -0.4 is 10.6 Å². The first kappa shape index (κ1) is 17.6. The van der Waals surface area contributed by atoms with Gasteiger partial charge >= 0.3 is 0 Å². The summed E-state index contributed by atoms with van der Waals surface area (Å²) in [6, 6.07) is 20.4. The van der Waals surface area contributed by atoms with E-state index in [9.17, 15) is 4.79 Å². The number of nitrogens with two attached hydrogens (primary N) is 1. The molecular formula is C21H27N3O. The number of nitrogens with zero attached hydrogens (tertiary/aromatic N) is 2. The highest BCUT2D eigenvalue weighted by Crippen LogP contribution is 2.26. The SMILES string of the molecule is CC(C)N(C(=O)CN1C[C@@H](N)[C@H](c2ccccc2)C1)c1ccccc1. The van der Waals surface area contributed by atoms with Crippen molar-refractivity contribution in [3.05, 3.63) is 66.2 Å². The number of carbonyl (C=O) groups excluding carboxylic acids is 1. The Morgan fingerprint density at radius 2 is 1.68 bits per heavy atom. The molecule has 2 aromatic carbocycles. The van der Waals surface area contributed by atoms with Crippen LogP contribution in [0.4, 0.5) is 5.69 Å². The zero-order valence-electron chi connectivity index (χ0n) is 15.0. The first-order valence-corrected chi connectivity index (χ1v) is 8.96. The van der Waals surface area contributed by atoms with Crippen molar-refractivity contribution < 1.29 is 4.79 Å². The van der Waals surface area contributed by atoms with E-state index >= 15 is 0 Å². The van der Waals surface area contributed by atoms with E-state index in [1.54, 1.807) is 0 Å². The zero-order valence-corrected chi connectivity index (χ0v) is 15.0. The molecule has 1 fully saturated rings. The molecule has 0 saturated carbocycles. The first-order valence-electron chi connectivity index (χ1n) is 8.96. The van der Waals surface area contributed by atoms with Crippen LogP contribution in [0.1, 0.15) is 25.3 Å². The second-order valence-electron chi connectivity index (χ2n) is 7.07. The van der Waals surface area contributed by atoms with E-state index < -0.39 is 0 Å². The molecule has 4 nitrogen and oxygen atoms in total. The lowest BCUT2D eigenvalue weighted by Gasteiger charge is -2.29. The summed E-state index contributed by atoms with van der Waals surface area (Å²) in [6.07, 6.45) is 0. The van der Waals surface area contributed by atoms with Crippen LogP contribution in [0, 0.1) is 0 Å². The van der Waals surface area contributed by atoms with Gasteiger partial charge in [-0.3, -0.25) is 9.69 Å². The van der Waals surface area contributed by atoms with E-state index in [2.05, 4.69) is 17.0 Å². The van der Waals surface area contributed by atoms with Crippen molar-refractivity contribution in [2.24, 2.45) is 5.73 Å². The van der Waals surface area contributed by atoms with Crippen molar-refractivity contribution in [2.45, 2.75) is 31.8 Å². The smallest absolute Gasteiger partial charge is 0.241 e. The highest BCUT2D eigenvalue weighted by atomic mass is 16.2. The Kier molecular flexibility index (Phi) is 5.51. The summed E-state index contributed by atoms with van der Waals surface area (Å²) in [7, 11) is 0. The van der Waals surface area contributed by atoms with Gasteiger partial charge in [-0.2, -0.15) is 0 Å². The molecule has 0 aromatic heterocycles. The van der Waals surface area contributed by atoms with Crippen LogP contribution in [0.25, 0.3) is 0 Å². The third kappa shape index (κ3) is 4.09. The van der Waals surface area contributed by atoms with Crippen molar-refractivity contribution >= 4 is 11.6 Å². The number of benzene rings is 2. The number of carbonyl (C=O) groups is 1. The fourth-order valence-corrected chi connectivity index (χ4v) is 3.68. The van der Waals surface area contributed by atoms with Gasteiger partial charge in [0.1, 0.15) is 0 Å². The van der Waals surface area contributed by atoms with Gasteiger partial charge in [-0.05, 0) is 31.5 Å². The molecule has 0 radical (unpaired) electrons. The minimum absolute atomic E-state index is 0.0689. The molecule has 25 heavy (non-hydrogen) atoms. The number of hydrogen-bond acceptors (Lipinski definition) is 3. The first-order chi connectivity index (χ1) is 12.1. The minimum Gasteiger partial charge on any atom is -0.326 e. The Hall–Kier alpha value is -2.17. The Morgan fingerprint density at radius 1 is 1.08 bits per heavy atom. The molecule has 132 valence electrons. The van der Waals surface area contributed by atoms with Gasteiger partial charge in [-0.1, -0.05) is 48.5 Å². The van der Waals surface area contributed by atoms with Crippen LogP contribution in [-0.4, -0.2) is 42.5 Å². The molecule has 1 aliphatic heterocycles. The second kappa shape index (κ2) is 7.81. The minimum atomic E-state index is 0.0689. The van der Waals surface area contributed by atoms with E-state index in [0.717, 1.165) is 18.8 Å². The number of anilines is 1. The molecule has 1 aliphatic rings. The van der Waals surface area contributed by atoms with Crippen LogP contribution in [-0.2, 0) is 4.79 Å². The van der Waals surface area contributed by atoms with E-state index in [4.69, 9.17) is 5.73 Å². The Morgan fingerprint density at radius 3 is 2.28 bits per heavy atom. The Balaban J connectivity index is 1.68. The van der Waals surface area contributed by atoms with Gasteiger partial charge in [0.2, 0.25) is 5.91 Å². The van der Waals surface area contributed by atoms with Gasteiger partial charge in [0.05, 0.1) is 6.54 Å². The van der Waals surface area contributed by atoms with Crippen LogP contribution >= 0.6 is 0 Å². The quantitative estimate of drug-likeness (QED) is 0.913. The molecule has 2 aromatic rings. The summed E-state index contributed by atoms with van der Waals surface area (Å²) in [5, 5.41) is 0. The number of rotatable bonds is 5. The summed E-state index contributed by atoms with van der Waals surface area (Å²) in [5.74, 6) is 0.417. The molecule has 0 spiro atoms. The second-order valence-corrected chi connectivity index (χ2v) is 7.07. The summed E-state index contributed by atoms with van der Waals surface area (Å²) in [6.45, 7) is 6.09. The molecule has 1 heterocycles. The standard InChI is InChI=1S/C21H27N3O/c1-16(2)24(18-11-7-4-8-12-18)21(25)15-23-13-19(20(22)14-23)17-9-5-3-6-10-17/h3-12,16,19-20H,13-15,22H2,1-2H3/t19-,20+/m0/s1. The van der Waals surface area contributed by atoms with Crippen molar-refractivity contribution in [2.75, 3.05) is 24.5 Å². The predicted octanol–water partition coefficient (Wildman–Crippen LogP) is 2.85. The van der Waals surface area contributed by atoms with Crippen LogP contribution in [0.3, 0.4) is 0 Å². The third-order valence-electron chi connectivity index (χ3n) is 4.85. The summed E-state index contributed by atoms with van der Waals surface area (Å²) >= 11 is 0. The maximum absolute atomic E-state index is 12.9. The lowest BCUT2D eigenvalue weighted by molar-refractivity contribution is -0.119. The van der Waals surface area contributed by atoms with Gasteiger partial charge in [0.15, 0.2) is 0 Å². The molecule has 0 aliphatic carbocycles. The van der Waals surface area contributed by atoms with Gasteiger partial charge in [-0.15, -0.1) is 0 Å². The lowest BCUT2D eigenvalue weighted by atomic mass is 9.95. The van der Waals surface area contributed by atoms with Gasteiger partial charge in [0, 0.05) is 36.8 Å². The average molecular weight is 337 g/mol. The molecular weight excluding hydrogens is 310 g/mol. The van der Waals surface area contributed by atoms with E-state index in [1.807, 2.05) is 67.3 Å². The third-order valence-corrected chi connectivity index (χ3v) is 4.85. The van der Waals surface area contributed by atoms with E-state index in [-0.39, 0.29) is 18.0 Å². The largest absolute Gasteiger partial charge is 0.326 e. The maximum Gasteiger partial charge on any atom is 0.241 e. The monoisotopic (exact) mass is 337 g/mol. The molecule has 4 heteroatoms. The lowest BCUT2D eigenvalue weighted by Crippen LogP contribution is -2.43. The molecule has 1 amide bonds. The Bertz CT molecular complexity index is 687. The van der Waals surface area contributed by atoms with E-state index in [1.165, 1.54) is 5.56 Å². The zero-order chi connectivity index (χ0) is 17.8. The number of likely N-dealkylation sites (tertiary alicyclic amines) is 1. The summed E-state index contributed by atoms with van der Waals surface area (Å²) in [4.78, 5) is 17.0. The molecule has 0 bridgehead atoms. The number of amides is 1. The van der Waals surface area contributed by atoms with Crippen LogP contribution in [0.5, 0.6) is 0 Å². The van der Waals surface area contributed by atoms with Crippen molar-refractivity contribution in [1.29, 1.82) is 0 Å². The summed E-state index contributed by atoms with van der Waals surface area (Å²) < 4.78 is 0. The molecule has 0 unspecified atom stereocenters. The van der Waals surface area contributed by atoms with Crippen LogP contribution in [0.15, 0.2) is 60.7 Å². The van der Waals surface area contributed by atoms with Gasteiger partial charge in [0.25, 0.3) is 0 Å². The highest BCUT2D eigenvalue weighted by Gasteiger charge is 2.33. The molecule has 2 atom stereocenters. The van der Waals surface area contributed by atoms with Crippen LogP contribution in [0.2, 0.25) is 0 Å². The maximum atomic E-state index is 12.9. The number of hydrogen-bond donors (Lipinski definition) is 1. The fraction of sp³-hybridized carbons (Fsp3) is 0.381. The van der Waals surface area contributed by atoms with E-state index in [0.29, 0.717) is 12.5 Å². The Labute approximate surface area is 150 Å². The van der Waals surface area contributed by atoms with Crippen molar-refractivity contribution in [3.8, 4) is 0 Å². The fourth-order valence-electron chi connectivity index (χ4n) is 3.68. The summed E-state index contributed by atoms with van der Waals surface area (Å²) in [5.41, 5.74) is 8.57. The highest BCUT2D eigenvalue weighted by molar-refractivity contribution is 5.95. The normalized spacial score (nSPS) is 20.8. The van der Waals surface area contributed by atoms with Crippen molar-refractivity contribution in [3.63, 3.8) is 0 Å². The topological polar surface area (TPSA) is 49.6 Å². The molecule has 3 rings (SSSR count). The van der Waals surface area contributed by atoms with Crippen molar-refractivity contribution in [1.82, 2.24) is 4.90 Å². The molecule has 1 saturated heterocycles. The van der Waals surface area contributed by atoms with Gasteiger partial charge in [-0.25, -0.2) is 0 Å². The van der Waals surface area contributed by atoms with Gasteiger partial charge < -0.3 is 10.6 Å². The average Bonchev–Trinajstić information content (AvgIpc) is 2.96. The number of para-hydroxylation sites is 1. The predicted molar refractivity (Wildman–Crippen MR) is 103 cm³/mol.